The Bertz CT molecular complexity index is 425. The van der Waals surface area contributed by atoms with Crippen LogP contribution in [0, 0.1) is 0 Å². The number of likely N-dealkylation sites (tertiary alicyclic amines) is 1. The van der Waals surface area contributed by atoms with Crippen LogP contribution in [0.25, 0.3) is 0 Å². The molecule has 0 aliphatic carbocycles. The molecular weight excluding hydrogens is 252 g/mol. The zero-order chi connectivity index (χ0) is 13.0. The van der Waals surface area contributed by atoms with Crippen LogP contribution in [0.1, 0.15) is 12.8 Å². The fourth-order valence-electron chi connectivity index (χ4n) is 2.19. The second kappa shape index (κ2) is 6.07. The third kappa shape index (κ3) is 3.15. The lowest BCUT2D eigenvalue weighted by Gasteiger charge is -2.23. The molecule has 0 saturated carbocycles. The maximum Gasteiger partial charge on any atom is 0.260 e. The molecule has 2 N–H and O–H groups in total. The van der Waals surface area contributed by atoms with Crippen molar-refractivity contribution in [3.63, 3.8) is 0 Å². The van der Waals surface area contributed by atoms with Crippen LogP contribution in [0.4, 0.5) is 0 Å². The van der Waals surface area contributed by atoms with Crippen molar-refractivity contribution in [2.45, 2.75) is 18.9 Å². The summed E-state index contributed by atoms with van der Waals surface area (Å²) < 4.78 is 5.44. The van der Waals surface area contributed by atoms with Gasteiger partial charge in [0.1, 0.15) is 5.75 Å². The summed E-state index contributed by atoms with van der Waals surface area (Å²) in [6, 6.07) is 7.20. The van der Waals surface area contributed by atoms with Crippen LogP contribution in [0.2, 0.25) is 5.02 Å². The van der Waals surface area contributed by atoms with Gasteiger partial charge in [0, 0.05) is 24.2 Å². The molecule has 0 aromatic heterocycles. The molecule has 1 aliphatic rings. The molecule has 1 aromatic rings. The van der Waals surface area contributed by atoms with Gasteiger partial charge in [0.25, 0.3) is 5.91 Å². The molecule has 0 bridgehead atoms. The lowest BCUT2D eigenvalue weighted by atomic mass is 10.2. The van der Waals surface area contributed by atoms with Gasteiger partial charge in [-0.2, -0.15) is 0 Å². The quantitative estimate of drug-likeness (QED) is 0.904. The highest BCUT2D eigenvalue weighted by molar-refractivity contribution is 6.30. The number of halogens is 1. The summed E-state index contributed by atoms with van der Waals surface area (Å²) in [7, 11) is 0. The Hall–Kier alpha value is -1.26. The first-order valence-corrected chi connectivity index (χ1v) is 6.46. The molecule has 1 saturated heterocycles. The number of hydrogen-bond acceptors (Lipinski definition) is 3. The summed E-state index contributed by atoms with van der Waals surface area (Å²) in [6.45, 7) is 1.33. The van der Waals surface area contributed by atoms with E-state index in [2.05, 4.69) is 0 Å². The standard InChI is InChI=1S/C13H17ClN2O2/c14-10-3-1-5-12(7-10)18-9-13(17)16-6-2-4-11(16)8-15/h1,3,5,7,11H,2,4,6,8-9,15H2. The lowest BCUT2D eigenvalue weighted by Crippen LogP contribution is -2.42. The minimum absolute atomic E-state index is 0.0112. The average Bonchev–Trinajstić information content (AvgIpc) is 2.84. The number of benzene rings is 1. The van der Waals surface area contributed by atoms with Gasteiger partial charge < -0.3 is 15.4 Å². The maximum atomic E-state index is 12.0. The van der Waals surface area contributed by atoms with Crippen LogP contribution in [0.5, 0.6) is 5.75 Å². The Balaban J connectivity index is 1.88. The normalized spacial score (nSPS) is 19.0. The van der Waals surface area contributed by atoms with Crippen molar-refractivity contribution >= 4 is 17.5 Å². The monoisotopic (exact) mass is 268 g/mol. The SMILES string of the molecule is NCC1CCCN1C(=O)COc1cccc(Cl)c1. The van der Waals surface area contributed by atoms with Gasteiger partial charge in [-0.15, -0.1) is 0 Å². The summed E-state index contributed by atoms with van der Waals surface area (Å²) in [4.78, 5) is 13.8. The van der Waals surface area contributed by atoms with E-state index in [1.807, 2.05) is 4.90 Å². The van der Waals surface area contributed by atoms with E-state index in [0.717, 1.165) is 19.4 Å². The first-order chi connectivity index (χ1) is 8.70. The van der Waals surface area contributed by atoms with Crippen molar-refractivity contribution in [3.05, 3.63) is 29.3 Å². The van der Waals surface area contributed by atoms with E-state index in [-0.39, 0.29) is 18.6 Å². The van der Waals surface area contributed by atoms with Gasteiger partial charge in [-0.05, 0) is 31.0 Å². The zero-order valence-electron chi connectivity index (χ0n) is 10.1. The van der Waals surface area contributed by atoms with Gasteiger partial charge in [0.2, 0.25) is 0 Å². The van der Waals surface area contributed by atoms with E-state index in [9.17, 15) is 4.79 Å². The third-order valence-corrected chi connectivity index (χ3v) is 3.36. The predicted molar refractivity (Wildman–Crippen MR) is 70.7 cm³/mol. The van der Waals surface area contributed by atoms with Crippen LogP contribution in [0.3, 0.4) is 0 Å². The van der Waals surface area contributed by atoms with Gasteiger partial charge in [-0.25, -0.2) is 0 Å². The number of nitrogens with two attached hydrogens (primary N) is 1. The van der Waals surface area contributed by atoms with Gasteiger partial charge in [0.15, 0.2) is 6.61 Å². The molecule has 1 aromatic carbocycles. The minimum Gasteiger partial charge on any atom is -0.484 e. The van der Waals surface area contributed by atoms with E-state index in [1.165, 1.54) is 0 Å². The Labute approximate surface area is 112 Å². The highest BCUT2D eigenvalue weighted by atomic mass is 35.5. The van der Waals surface area contributed by atoms with Crippen molar-refractivity contribution in [1.29, 1.82) is 0 Å². The molecule has 0 radical (unpaired) electrons. The van der Waals surface area contributed by atoms with Crippen LogP contribution < -0.4 is 10.5 Å². The molecule has 98 valence electrons. The summed E-state index contributed by atoms with van der Waals surface area (Å²) in [5.74, 6) is 0.599. The Kier molecular flexibility index (Phi) is 4.44. The van der Waals surface area contributed by atoms with Crippen molar-refractivity contribution in [1.82, 2.24) is 4.90 Å². The highest BCUT2D eigenvalue weighted by Gasteiger charge is 2.27. The number of rotatable bonds is 4. The van der Waals surface area contributed by atoms with Crippen molar-refractivity contribution in [2.75, 3.05) is 19.7 Å². The van der Waals surface area contributed by atoms with Gasteiger partial charge in [-0.1, -0.05) is 17.7 Å². The average molecular weight is 269 g/mol. The van der Waals surface area contributed by atoms with Crippen molar-refractivity contribution < 1.29 is 9.53 Å². The minimum atomic E-state index is -0.0112. The second-order valence-electron chi connectivity index (χ2n) is 4.36. The zero-order valence-corrected chi connectivity index (χ0v) is 10.9. The molecule has 5 heteroatoms. The number of amides is 1. The third-order valence-electron chi connectivity index (χ3n) is 3.13. The molecule has 1 heterocycles. The van der Waals surface area contributed by atoms with Crippen LogP contribution in [0.15, 0.2) is 24.3 Å². The Morgan fingerprint density at radius 3 is 3.11 bits per heavy atom. The molecule has 1 fully saturated rings. The van der Waals surface area contributed by atoms with Gasteiger partial charge >= 0.3 is 0 Å². The second-order valence-corrected chi connectivity index (χ2v) is 4.80. The van der Waals surface area contributed by atoms with Crippen molar-refractivity contribution in [3.8, 4) is 5.75 Å². The molecular formula is C13H17ClN2O2. The van der Waals surface area contributed by atoms with Crippen LogP contribution in [-0.2, 0) is 4.79 Å². The smallest absolute Gasteiger partial charge is 0.260 e. The number of carbonyl (C=O) groups is 1. The summed E-state index contributed by atoms with van der Waals surface area (Å²) in [5, 5.41) is 0.598. The molecule has 18 heavy (non-hydrogen) atoms. The summed E-state index contributed by atoms with van der Waals surface area (Å²) in [5.41, 5.74) is 5.64. The van der Waals surface area contributed by atoms with E-state index in [0.29, 0.717) is 17.3 Å². The maximum absolute atomic E-state index is 12.0. The molecule has 1 aliphatic heterocycles. The Morgan fingerprint density at radius 2 is 2.39 bits per heavy atom. The van der Waals surface area contributed by atoms with Crippen molar-refractivity contribution in [2.24, 2.45) is 5.73 Å². The Morgan fingerprint density at radius 1 is 1.56 bits per heavy atom. The fourth-order valence-corrected chi connectivity index (χ4v) is 2.37. The van der Waals surface area contributed by atoms with E-state index in [1.54, 1.807) is 24.3 Å². The number of hydrogen-bond donors (Lipinski definition) is 1. The van der Waals surface area contributed by atoms with Gasteiger partial charge in [0.05, 0.1) is 0 Å². The molecule has 1 atom stereocenters. The molecule has 0 spiro atoms. The van der Waals surface area contributed by atoms with E-state index in [4.69, 9.17) is 22.1 Å². The number of nitrogens with zero attached hydrogens (tertiary/aromatic N) is 1. The topological polar surface area (TPSA) is 55.6 Å². The molecule has 2 rings (SSSR count). The highest BCUT2D eigenvalue weighted by Crippen LogP contribution is 2.19. The molecule has 4 nitrogen and oxygen atoms in total. The van der Waals surface area contributed by atoms with E-state index < -0.39 is 0 Å². The van der Waals surface area contributed by atoms with Crippen LogP contribution >= 0.6 is 11.6 Å². The predicted octanol–water partition coefficient (Wildman–Crippen LogP) is 1.67. The van der Waals surface area contributed by atoms with Gasteiger partial charge in [-0.3, -0.25) is 4.79 Å². The van der Waals surface area contributed by atoms with E-state index >= 15 is 0 Å². The molecule has 1 unspecified atom stereocenters. The first-order valence-electron chi connectivity index (χ1n) is 6.08. The lowest BCUT2D eigenvalue weighted by molar-refractivity contribution is -0.134. The first kappa shape index (κ1) is 13.2. The van der Waals surface area contributed by atoms with Crippen LogP contribution in [-0.4, -0.2) is 36.5 Å². The fraction of sp³-hybridized carbons (Fsp3) is 0.462. The number of carbonyl (C=O) groups excluding carboxylic acids is 1. The number of ether oxygens (including phenoxy) is 1. The molecule has 1 amide bonds. The largest absolute Gasteiger partial charge is 0.484 e. The summed E-state index contributed by atoms with van der Waals surface area (Å²) in [6.07, 6.45) is 2.00. The summed E-state index contributed by atoms with van der Waals surface area (Å²) >= 11 is 5.84.